The number of pyridine rings is 1. The van der Waals surface area contributed by atoms with Gasteiger partial charge in [0.25, 0.3) is 18.8 Å². The number of halogens is 4. The van der Waals surface area contributed by atoms with Crippen LogP contribution in [0, 0.1) is 0 Å². The molecule has 18 heteroatoms. The van der Waals surface area contributed by atoms with Gasteiger partial charge in [-0.1, -0.05) is 12.1 Å². The molecule has 4 aromatic rings. The number of anilines is 2. The maximum Gasteiger partial charge on any atom is 0.339 e. The number of carbonyl (C=O) groups excluding carboxylic acids is 1. The fourth-order valence-corrected chi connectivity index (χ4v) is 5.65. The molecular weight excluding hydrogens is 710 g/mol. The fourth-order valence-electron chi connectivity index (χ4n) is 5.65. The molecule has 0 radical (unpaired) electrons. The molecule has 1 amide bonds. The summed E-state index contributed by atoms with van der Waals surface area (Å²) in [5, 5.41) is 13.6. The number of hydrogen-bond donors (Lipinski definition) is 3. The van der Waals surface area contributed by atoms with Crippen molar-refractivity contribution in [3.05, 3.63) is 59.9 Å². The van der Waals surface area contributed by atoms with Crippen molar-refractivity contribution in [2.75, 3.05) is 38.4 Å². The van der Waals surface area contributed by atoms with Gasteiger partial charge in [0.05, 0.1) is 35.5 Å². The highest BCUT2D eigenvalue weighted by atomic mass is 19.3. The Hall–Kier alpha value is -5.33. The average molecular weight is 746 g/mol. The van der Waals surface area contributed by atoms with Crippen molar-refractivity contribution < 1.29 is 60.8 Å². The van der Waals surface area contributed by atoms with Gasteiger partial charge in [-0.2, -0.15) is 4.98 Å². The van der Waals surface area contributed by atoms with Crippen molar-refractivity contribution in [3.8, 4) is 28.8 Å². The van der Waals surface area contributed by atoms with Crippen molar-refractivity contribution >= 4 is 34.2 Å². The van der Waals surface area contributed by atoms with Gasteiger partial charge >= 0.3 is 12.0 Å². The average Bonchev–Trinajstić information content (AvgIpc) is 3.16. The number of carboxylic acid groups (broad SMARTS) is 1. The minimum Gasteiger partial charge on any atom is -0.489 e. The number of carboxylic acids is 1. The molecule has 2 aliphatic rings. The normalized spacial score (nSPS) is 16.5. The topological polar surface area (TPSA) is 172 Å². The molecule has 0 bridgehead atoms. The predicted molar refractivity (Wildman–Crippen MR) is 179 cm³/mol. The largest absolute Gasteiger partial charge is 0.489 e. The van der Waals surface area contributed by atoms with Crippen LogP contribution in [0.1, 0.15) is 52.8 Å². The monoisotopic (exact) mass is 745 g/mol. The van der Waals surface area contributed by atoms with Gasteiger partial charge in [0, 0.05) is 49.3 Å². The quantitative estimate of drug-likeness (QED) is 0.0933. The van der Waals surface area contributed by atoms with Gasteiger partial charge in [-0.3, -0.25) is 9.78 Å². The van der Waals surface area contributed by atoms with E-state index in [9.17, 15) is 32.3 Å². The molecule has 3 N–H and O–H groups in total. The Morgan fingerprint density at radius 2 is 1.70 bits per heavy atom. The second kappa shape index (κ2) is 17.5. The first kappa shape index (κ1) is 37.4. The molecule has 2 fully saturated rings. The van der Waals surface area contributed by atoms with Gasteiger partial charge in [0.15, 0.2) is 19.5 Å². The number of ether oxygens (including phenoxy) is 5. The number of fused-ring (bicyclic) bond motifs is 1. The highest BCUT2D eigenvalue weighted by Crippen LogP contribution is 2.36. The summed E-state index contributed by atoms with van der Waals surface area (Å²) in [5.41, 5.74) is 3.64. The Morgan fingerprint density at radius 3 is 2.43 bits per heavy atom. The number of benzene rings is 2. The van der Waals surface area contributed by atoms with Crippen LogP contribution in [0.3, 0.4) is 0 Å². The summed E-state index contributed by atoms with van der Waals surface area (Å²) in [5.74, 6) is -2.06. The lowest BCUT2D eigenvalue weighted by atomic mass is 10.0. The zero-order chi connectivity index (χ0) is 37.3. The Labute approximate surface area is 299 Å². The number of amides is 1. The number of rotatable bonds is 15. The predicted octanol–water partition coefficient (Wildman–Crippen LogP) is 6.17. The van der Waals surface area contributed by atoms with Crippen LogP contribution in [0.4, 0.5) is 28.9 Å². The summed E-state index contributed by atoms with van der Waals surface area (Å²) in [4.78, 5) is 43.7. The molecule has 14 nitrogen and oxygen atoms in total. The molecule has 53 heavy (non-hydrogen) atoms. The van der Waals surface area contributed by atoms with Gasteiger partial charge in [0.1, 0.15) is 17.4 Å². The Morgan fingerprint density at radius 1 is 0.906 bits per heavy atom. The minimum atomic E-state index is -2.86. The molecule has 2 saturated heterocycles. The highest BCUT2D eigenvalue weighted by Gasteiger charge is 2.24. The molecule has 1 unspecified atom stereocenters. The first-order valence-electron chi connectivity index (χ1n) is 16.7. The first-order chi connectivity index (χ1) is 25.6. The molecular formula is C35H35F4N5O9. The summed E-state index contributed by atoms with van der Waals surface area (Å²) in [6.45, 7) is -0.565. The van der Waals surface area contributed by atoms with E-state index in [2.05, 4.69) is 25.7 Å². The Balaban J connectivity index is 1.36. The maximum atomic E-state index is 13.5. The van der Waals surface area contributed by atoms with Crippen LogP contribution in [-0.4, -0.2) is 90.2 Å². The van der Waals surface area contributed by atoms with E-state index in [4.69, 9.17) is 28.5 Å². The number of aromatic carboxylic acids is 1. The molecule has 2 aromatic carbocycles. The lowest BCUT2D eigenvalue weighted by molar-refractivity contribution is -0.186. The van der Waals surface area contributed by atoms with Gasteiger partial charge in [-0.05, 0) is 42.7 Å². The molecule has 1 atom stereocenters. The molecule has 4 heterocycles. The summed E-state index contributed by atoms with van der Waals surface area (Å²) < 4.78 is 78.6. The van der Waals surface area contributed by atoms with E-state index < -0.39 is 50.2 Å². The van der Waals surface area contributed by atoms with Crippen LogP contribution in [0.2, 0.25) is 0 Å². The molecule has 0 saturated carbocycles. The van der Waals surface area contributed by atoms with Crippen LogP contribution in [-0.2, 0) is 14.3 Å². The molecule has 282 valence electrons. The molecule has 2 aromatic heterocycles. The number of carbonyl (C=O) groups is 2. The van der Waals surface area contributed by atoms with E-state index in [0.717, 1.165) is 12.8 Å². The number of nitrogens with zero attached hydrogens (tertiary/aromatic N) is 3. The second-order valence-electron chi connectivity index (χ2n) is 12.0. The van der Waals surface area contributed by atoms with Crippen LogP contribution in [0.5, 0.6) is 17.6 Å². The maximum absolute atomic E-state index is 13.5. The van der Waals surface area contributed by atoms with Crippen molar-refractivity contribution in [1.29, 1.82) is 0 Å². The third-order valence-electron chi connectivity index (χ3n) is 8.20. The number of aromatic nitrogens is 3. The van der Waals surface area contributed by atoms with E-state index in [1.807, 2.05) is 0 Å². The summed E-state index contributed by atoms with van der Waals surface area (Å²) in [7, 11) is 0. The zero-order valence-electron chi connectivity index (χ0n) is 28.1. The third-order valence-corrected chi connectivity index (χ3v) is 8.20. The van der Waals surface area contributed by atoms with E-state index >= 15 is 0 Å². The molecule has 0 aliphatic carbocycles. The van der Waals surface area contributed by atoms with Crippen LogP contribution < -0.4 is 25.0 Å². The second-order valence-corrected chi connectivity index (χ2v) is 12.0. The van der Waals surface area contributed by atoms with Crippen LogP contribution in [0.25, 0.3) is 22.0 Å². The summed E-state index contributed by atoms with van der Waals surface area (Å²) in [6, 6.07) is 8.72. The van der Waals surface area contributed by atoms with Crippen molar-refractivity contribution in [2.24, 2.45) is 0 Å². The Kier molecular flexibility index (Phi) is 12.3. The van der Waals surface area contributed by atoms with E-state index in [1.54, 1.807) is 24.3 Å². The van der Waals surface area contributed by atoms with Crippen molar-refractivity contribution in [3.63, 3.8) is 0 Å². The van der Waals surface area contributed by atoms with E-state index in [1.165, 1.54) is 24.5 Å². The minimum absolute atomic E-state index is 0.0327. The van der Waals surface area contributed by atoms with Crippen LogP contribution >= 0.6 is 0 Å². The fraction of sp³-hybridized carbons (Fsp3) is 0.400. The summed E-state index contributed by atoms with van der Waals surface area (Å²) in [6.07, 6.45) is -0.548. The number of nitrogens with one attached hydrogen (secondary N) is 2. The van der Waals surface area contributed by atoms with E-state index in [0.29, 0.717) is 61.2 Å². The third kappa shape index (κ3) is 9.76. The van der Waals surface area contributed by atoms with Gasteiger partial charge in [0.2, 0.25) is 5.88 Å². The highest BCUT2D eigenvalue weighted by molar-refractivity contribution is 6.08. The number of hydrogen-bond acceptors (Lipinski definition) is 12. The zero-order valence-corrected chi connectivity index (χ0v) is 28.1. The lowest BCUT2D eigenvalue weighted by Gasteiger charge is -2.24. The standard InChI is InChI=1S/C35H35F4N5O9/c36-28(37)17-50-33-24(15-41-35(43-33)51-18-29(38)39)19-4-6-22-26(13-19)40-16-25(32(45)44-53-30-3-1-2-10-49-30)31(22)42-20-5-7-27(23(14-20)34(46)47)52-21-8-11-48-12-9-21/h4-7,13-16,21,28-30H,1-3,8-12,17-18H2,(H,40,42)(H,44,45)(H,46,47). The molecule has 0 spiro atoms. The van der Waals surface area contributed by atoms with Crippen molar-refractivity contribution in [1.82, 2.24) is 20.4 Å². The molecule has 2 aliphatic heterocycles. The van der Waals surface area contributed by atoms with Gasteiger partial charge in [-0.15, -0.1) is 0 Å². The Bertz CT molecular complexity index is 1910. The number of hydroxylamine groups is 1. The van der Waals surface area contributed by atoms with E-state index in [-0.39, 0.29) is 40.1 Å². The van der Waals surface area contributed by atoms with Gasteiger partial charge < -0.3 is 34.1 Å². The SMILES string of the molecule is O=C(O)c1cc(Nc2c(C(=O)NOC3CCCCO3)cnc3cc(-c4cnc(OCC(F)F)nc4OCC(F)F)ccc23)ccc1OC1CCOCC1. The lowest BCUT2D eigenvalue weighted by Crippen LogP contribution is -2.33. The number of alkyl halides is 4. The summed E-state index contributed by atoms with van der Waals surface area (Å²) >= 11 is 0. The van der Waals surface area contributed by atoms with Gasteiger partial charge in [-0.25, -0.2) is 37.7 Å². The molecule has 6 rings (SSSR count). The first-order valence-corrected chi connectivity index (χ1v) is 16.7. The smallest absolute Gasteiger partial charge is 0.339 e. The van der Waals surface area contributed by atoms with Crippen molar-refractivity contribution in [2.45, 2.75) is 57.3 Å². The van der Waals surface area contributed by atoms with Crippen LogP contribution in [0.15, 0.2) is 48.8 Å².